The normalized spacial score (nSPS) is 12.5. The zero-order chi connectivity index (χ0) is 38.9. The Kier molecular flexibility index (Phi) is 11.2. The molecule has 6 aromatic rings. The number of ether oxygens (including phenoxy) is 2. The van der Waals surface area contributed by atoms with Gasteiger partial charge >= 0.3 is 0 Å². The van der Waals surface area contributed by atoms with Crippen LogP contribution in [0.3, 0.4) is 0 Å². The molecule has 0 fully saturated rings. The molecule has 280 valence electrons. The average Bonchev–Trinajstić information content (AvgIpc) is 3.65. The average molecular weight is 768 g/mol. The van der Waals surface area contributed by atoms with Crippen LogP contribution in [0.5, 0.6) is 5.75 Å². The Morgan fingerprint density at radius 3 is 2.33 bits per heavy atom. The number of benzene rings is 2. The van der Waals surface area contributed by atoms with E-state index in [1.165, 1.54) is 25.6 Å². The number of fused-ring (bicyclic) bond motifs is 2. The van der Waals surface area contributed by atoms with Crippen LogP contribution in [0, 0.1) is 23.1 Å². The first kappa shape index (κ1) is 38.6. The number of pyridine rings is 2. The van der Waals surface area contributed by atoms with Gasteiger partial charge in [-0.2, -0.15) is 5.10 Å². The third-order valence-corrected chi connectivity index (χ3v) is 17.0. The van der Waals surface area contributed by atoms with E-state index in [1.54, 1.807) is 59.6 Å². The summed E-state index contributed by atoms with van der Waals surface area (Å²) < 4.78 is 58.8. The molecule has 0 spiro atoms. The van der Waals surface area contributed by atoms with E-state index in [2.05, 4.69) is 73.1 Å². The van der Waals surface area contributed by atoms with Crippen LogP contribution >= 0.6 is 0 Å². The molecule has 0 bridgehead atoms. The molecular weight excluding hydrogens is 725 g/mol. The lowest BCUT2D eigenvalue weighted by Crippen LogP contribution is -2.43. The lowest BCUT2D eigenvalue weighted by atomic mass is 9.95. The summed E-state index contributed by atoms with van der Waals surface area (Å²) in [5.74, 6) is 2.62. The Labute approximate surface area is 317 Å². The maximum atomic E-state index is 17.2. The molecule has 0 aliphatic rings. The zero-order valence-electron chi connectivity index (χ0n) is 31.8. The summed E-state index contributed by atoms with van der Waals surface area (Å²) in [4.78, 5) is 19.5. The van der Waals surface area contributed by atoms with Gasteiger partial charge in [0, 0.05) is 50.0 Å². The van der Waals surface area contributed by atoms with Crippen molar-refractivity contribution in [3.8, 4) is 34.2 Å². The Morgan fingerprint density at radius 2 is 1.69 bits per heavy atom. The van der Waals surface area contributed by atoms with E-state index in [1.807, 2.05) is 12.1 Å². The van der Waals surface area contributed by atoms with Gasteiger partial charge in [-0.15, -0.1) is 5.54 Å². The van der Waals surface area contributed by atoms with Crippen molar-refractivity contribution in [3.05, 3.63) is 84.6 Å². The summed E-state index contributed by atoms with van der Waals surface area (Å²) in [5, 5.41) is 5.70. The molecule has 6 rings (SSSR count). The monoisotopic (exact) mass is 767 g/mol. The Hall–Kier alpha value is -5.10. The van der Waals surface area contributed by atoms with Gasteiger partial charge in [0.15, 0.2) is 12.6 Å². The van der Waals surface area contributed by atoms with E-state index in [-0.39, 0.29) is 45.5 Å². The van der Waals surface area contributed by atoms with Crippen LogP contribution in [0.1, 0.15) is 47.1 Å². The summed E-state index contributed by atoms with van der Waals surface area (Å²) in [7, 11) is -0.665. The van der Waals surface area contributed by atoms with Crippen molar-refractivity contribution in [2.75, 3.05) is 32.1 Å². The van der Waals surface area contributed by atoms with Crippen LogP contribution in [-0.4, -0.2) is 69.2 Å². The van der Waals surface area contributed by atoms with Crippen molar-refractivity contribution in [1.29, 1.82) is 0 Å². The largest absolute Gasteiger partial charge is 0.468 e. The second-order valence-corrected chi connectivity index (χ2v) is 20.9. The maximum Gasteiger partial charge on any atom is 0.218 e. The van der Waals surface area contributed by atoms with Gasteiger partial charge < -0.3 is 14.4 Å². The number of aromatic nitrogens is 6. The number of hydrogen-bond donors (Lipinski definition) is 0. The lowest BCUT2D eigenvalue weighted by molar-refractivity contribution is 0.0512. The van der Waals surface area contributed by atoms with E-state index in [9.17, 15) is 4.21 Å². The van der Waals surface area contributed by atoms with Crippen LogP contribution < -0.4 is 9.64 Å². The highest BCUT2D eigenvalue weighted by molar-refractivity contribution is 7.84. The summed E-state index contributed by atoms with van der Waals surface area (Å²) in [5.41, 5.74) is 6.12. The van der Waals surface area contributed by atoms with Crippen LogP contribution in [0.25, 0.3) is 38.6 Å². The quantitative estimate of drug-likeness (QED) is 0.0554. The molecule has 4 aromatic heterocycles. The van der Waals surface area contributed by atoms with Gasteiger partial charge in [-0.1, -0.05) is 53.5 Å². The fourth-order valence-electron chi connectivity index (χ4n) is 7.38. The SMILES string of the molecule is COCOc1cc(-c2nc(N(C)c3cnn(-c4ccncc4)c3)c3cnc(S(C)=O)nc3c2F)c2c(C#C[Si](C(C)C)(C(C)C)C(C)C)c(F)ccc2c1. The molecule has 0 amide bonds. The predicted molar refractivity (Wildman–Crippen MR) is 212 cm³/mol. The third kappa shape index (κ3) is 7.11. The topological polar surface area (TPSA) is 108 Å². The summed E-state index contributed by atoms with van der Waals surface area (Å²) in [6, 6.07) is 10.0. The number of methoxy groups -OCH3 is 1. The molecule has 1 atom stereocenters. The number of rotatable bonds is 11. The molecule has 2 aromatic carbocycles. The first-order valence-electron chi connectivity index (χ1n) is 17.6. The molecule has 0 radical (unpaired) electrons. The van der Waals surface area contributed by atoms with E-state index < -0.39 is 30.5 Å². The zero-order valence-corrected chi connectivity index (χ0v) is 33.6. The first-order valence-corrected chi connectivity index (χ1v) is 21.4. The molecule has 10 nitrogen and oxygen atoms in total. The lowest BCUT2D eigenvalue weighted by Gasteiger charge is -2.38. The van der Waals surface area contributed by atoms with Crippen molar-refractivity contribution in [3.63, 3.8) is 0 Å². The van der Waals surface area contributed by atoms with Gasteiger partial charge in [0.05, 0.1) is 45.5 Å². The van der Waals surface area contributed by atoms with Crippen LogP contribution in [0.2, 0.25) is 16.6 Å². The molecule has 14 heteroatoms. The van der Waals surface area contributed by atoms with Gasteiger partial charge in [0.1, 0.15) is 36.7 Å². The van der Waals surface area contributed by atoms with Crippen molar-refractivity contribution in [2.24, 2.45) is 0 Å². The van der Waals surface area contributed by atoms with Crippen molar-refractivity contribution in [1.82, 2.24) is 29.7 Å². The first-order chi connectivity index (χ1) is 25.8. The van der Waals surface area contributed by atoms with Crippen molar-refractivity contribution in [2.45, 2.75) is 63.3 Å². The van der Waals surface area contributed by atoms with E-state index in [0.717, 1.165) is 5.69 Å². The minimum Gasteiger partial charge on any atom is -0.468 e. The maximum absolute atomic E-state index is 17.2. The highest BCUT2D eigenvalue weighted by Crippen LogP contribution is 2.43. The third-order valence-electron chi connectivity index (χ3n) is 10.0. The molecule has 0 N–H and O–H groups in total. The molecule has 1 unspecified atom stereocenters. The Balaban J connectivity index is 1.68. The van der Waals surface area contributed by atoms with E-state index in [0.29, 0.717) is 38.8 Å². The van der Waals surface area contributed by atoms with E-state index >= 15 is 8.78 Å². The van der Waals surface area contributed by atoms with Crippen molar-refractivity contribution < 1.29 is 22.5 Å². The van der Waals surface area contributed by atoms with Gasteiger partial charge in [-0.05, 0) is 52.3 Å². The number of hydrogen-bond acceptors (Lipinski definition) is 9. The van der Waals surface area contributed by atoms with Crippen molar-refractivity contribution >= 4 is 52.1 Å². The number of anilines is 2. The number of nitrogens with zero attached hydrogens (tertiary/aromatic N) is 7. The second-order valence-electron chi connectivity index (χ2n) is 14.1. The van der Waals surface area contributed by atoms with Crippen LogP contribution in [0.15, 0.2) is 72.5 Å². The highest BCUT2D eigenvalue weighted by atomic mass is 32.2. The standard InChI is InChI=1S/C40H43F2N7O3SSi/c1-24(2)54(25(3)4,26(5)6)17-14-31-34(41)11-10-27-18-30(52-23-51-8)19-32(35(27)31)37-36(42)38-33(21-44-40(47-38)53(9)50)39(46-37)48(7)29-20-45-49(22-29)28-12-15-43-16-13-28/h10-13,15-16,18-22,24-26H,23H2,1-9H3. The van der Waals surface area contributed by atoms with Gasteiger partial charge in [0.2, 0.25) is 5.16 Å². The highest BCUT2D eigenvalue weighted by Gasteiger charge is 2.42. The molecule has 4 heterocycles. The smallest absolute Gasteiger partial charge is 0.218 e. The number of halogens is 2. The molecule has 0 aliphatic heterocycles. The molecule has 0 saturated carbocycles. The Bertz CT molecular complexity index is 2410. The van der Waals surface area contributed by atoms with E-state index in [4.69, 9.17) is 14.5 Å². The van der Waals surface area contributed by atoms with Gasteiger partial charge in [-0.3, -0.25) is 9.19 Å². The fourth-order valence-corrected chi connectivity index (χ4v) is 13.0. The van der Waals surface area contributed by atoms with Crippen LogP contribution in [0.4, 0.5) is 20.3 Å². The molecule has 0 aliphatic carbocycles. The minimum atomic E-state index is -2.32. The second kappa shape index (κ2) is 15.7. The molecule has 0 saturated heterocycles. The Morgan fingerprint density at radius 1 is 0.981 bits per heavy atom. The summed E-state index contributed by atoms with van der Waals surface area (Å²) >= 11 is 0. The summed E-state index contributed by atoms with van der Waals surface area (Å²) in [6.07, 6.45) is 9.63. The minimum absolute atomic E-state index is 0.0466. The van der Waals surface area contributed by atoms with Gasteiger partial charge in [0.25, 0.3) is 0 Å². The molecular formula is C40H43F2N7O3SSi. The summed E-state index contributed by atoms with van der Waals surface area (Å²) in [6.45, 7) is 13.1. The predicted octanol–water partition coefficient (Wildman–Crippen LogP) is 8.76. The van der Waals surface area contributed by atoms with Crippen LogP contribution in [-0.2, 0) is 15.5 Å². The molecule has 54 heavy (non-hydrogen) atoms. The fraction of sp³-hybridized carbons (Fsp3) is 0.325. The van der Waals surface area contributed by atoms with Gasteiger partial charge in [-0.25, -0.2) is 28.4 Å².